The Morgan fingerprint density at radius 1 is 1.10 bits per heavy atom. The topological polar surface area (TPSA) is 58.2 Å². The summed E-state index contributed by atoms with van der Waals surface area (Å²) in [4.78, 5) is 23.7. The highest BCUT2D eigenvalue weighted by Gasteiger charge is 2.16. The highest BCUT2D eigenvalue weighted by Crippen LogP contribution is 2.26. The van der Waals surface area contributed by atoms with Gasteiger partial charge in [-0.15, -0.1) is 0 Å². The first kappa shape index (κ1) is 17.2. The van der Waals surface area contributed by atoms with Crippen LogP contribution in [0.1, 0.15) is 57.9 Å². The zero-order valence-corrected chi connectivity index (χ0v) is 13.2. The van der Waals surface area contributed by atoms with Gasteiger partial charge in [0.1, 0.15) is 0 Å². The van der Waals surface area contributed by atoms with Crippen LogP contribution in [0.15, 0.2) is 24.3 Å². The standard InChI is InChI=1S/C17H26N2O2/c1-4-6-9-12-18-16(20)17(21)19-15-11-8-7-10-14(15)13(3)5-2/h7-8,10-11,13H,4-6,9,12H2,1-3H3,(H,18,20)(H,19,21). The molecule has 4 nitrogen and oxygen atoms in total. The maximum absolute atomic E-state index is 11.9. The number of hydrogen-bond donors (Lipinski definition) is 2. The van der Waals surface area contributed by atoms with Crippen molar-refractivity contribution in [3.63, 3.8) is 0 Å². The summed E-state index contributed by atoms with van der Waals surface area (Å²) in [7, 11) is 0. The molecular formula is C17H26N2O2. The van der Waals surface area contributed by atoms with Gasteiger partial charge in [-0.25, -0.2) is 0 Å². The van der Waals surface area contributed by atoms with E-state index in [0.717, 1.165) is 36.9 Å². The summed E-state index contributed by atoms with van der Waals surface area (Å²) in [5, 5.41) is 5.36. The molecule has 0 aromatic heterocycles. The number of unbranched alkanes of at least 4 members (excludes halogenated alkanes) is 2. The van der Waals surface area contributed by atoms with E-state index in [4.69, 9.17) is 0 Å². The number of carbonyl (C=O) groups excluding carboxylic acids is 2. The Morgan fingerprint density at radius 2 is 1.81 bits per heavy atom. The number of amides is 2. The quantitative estimate of drug-likeness (QED) is 0.597. The molecule has 1 rings (SSSR count). The number of anilines is 1. The minimum Gasteiger partial charge on any atom is -0.348 e. The van der Waals surface area contributed by atoms with Crippen LogP contribution in [0.3, 0.4) is 0 Å². The van der Waals surface area contributed by atoms with Crippen LogP contribution in [0, 0.1) is 0 Å². The molecule has 0 heterocycles. The van der Waals surface area contributed by atoms with Gasteiger partial charge >= 0.3 is 11.8 Å². The van der Waals surface area contributed by atoms with Crippen molar-refractivity contribution in [2.45, 2.75) is 52.4 Å². The monoisotopic (exact) mass is 290 g/mol. The van der Waals surface area contributed by atoms with Crippen molar-refractivity contribution in [2.24, 2.45) is 0 Å². The summed E-state index contributed by atoms with van der Waals surface area (Å²) >= 11 is 0. The maximum atomic E-state index is 11.9. The zero-order valence-electron chi connectivity index (χ0n) is 13.2. The summed E-state index contributed by atoms with van der Waals surface area (Å²) in [6, 6.07) is 7.63. The van der Waals surface area contributed by atoms with Gasteiger partial charge in [-0.1, -0.05) is 51.8 Å². The highest BCUT2D eigenvalue weighted by atomic mass is 16.2. The molecule has 0 fully saturated rings. The van der Waals surface area contributed by atoms with Gasteiger partial charge in [0, 0.05) is 12.2 Å². The first-order valence-corrected chi connectivity index (χ1v) is 7.78. The van der Waals surface area contributed by atoms with E-state index in [1.54, 1.807) is 0 Å². The van der Waals surface area contributed by atoms with Crippen LogP contribution >= 0.6 is 0 Å². The smallest absolute Gasteiger partial charge is 0.313 e. The molecule has 1 aromatic rings. The van der Waals surface area contributed by atoms with Crippen molar-refractivity contribution in [1.29, 1.82) is 0 Å². The highest BCUT2D eigenvalue weighted by molar-refractivity contribution is 6.39. The SMILES string of the molecule is CCCCCNC(=O)C(=O)Nc1ccccc1C(C)CC. The number of carbonyl (C=O) groups is 2. The Kier molecular flexibility index (Phi) is 7.51. The van der Waals surface area contributed by atoms with Crippen molar-refractivity contribution < 1.29 is 9.59 Å². The molecule has 0 saturated carbocycles. The second-order valence-corrected chi connectivity index (χ2v) is 5.31. The fourth-order valence-electron chi connectivity index (χ4n) is 2.10. The van der Waals surface area contributed by atoms with Gasteiger partial charge in [-0.05, 0) is 30.4 Å². The molecule has 1 aromatic carbocycles. The van der Waals surface area contributed by atoms with E-state index in [1.807, 2.05) is 24.3 Å². The third kappa shape index (κ3) is 5.58. The van der Waals surface area contributed by atoms with Crippen molar-refractivity contribution in [1.82, 2.24) is 5.32 Å². The summed E-state index contributed by atoms with van der Waals surface area (Å²) in [5.41, 5.74) is 1.78. The molecule has 1 unspecified atom stereocenters. The van der Waals surface area contributed by atoms with Crippen molar-refractivity contribution in [3.05, 3.63) is 29.8 Å². The van der Waals surface area contributed by atoms with E-state index in [9.17, 15) is 9.59 Å². The number of nitrogens with one attached hydrogen (secondary N) is 2. The molecule has 21 heavy (non-hydrogen) atoms. The van der Waals surface area contributed by atoms with Crippen molar-refractivity contribution in [3.8, 4) is 0 Å². The first-order chi connectivity index (χ1) is 10.1. The summed E-state index contributed by atoms with van der Waals surface area (Å²) in [6.45, 7) is 6.85. The van der Waals surface area contributed by atoms with Crippen LogP contribution in [0.2, 0.25) is 0 Å². The minimum atomic E-state index is -0.595. The third-order valence-electron chi connectivity index (χ3n) is 3.62. The Hall–Kier alpha value is -1.84. The number of hydrogen-bond acceptors (Lipinski definition) is 2. The Morgan fingerprint density at radius 3 is 2.48 bits per heavy atom. The van der Waals surface area contributed by atoms with Gasteiger partial charge in [0.25, 0.3) is 0 Å². The zero-order chi connectivity index (χ0) is 15.7. The molecule has 0 bridgehead atoms. The van der Waals surface area contributed by atoms with E-state index in [1.165, 1.54) is 0 Å². The summed E-state index contributed by atoms with van der Waals surface area (Å²) in [5.74, 6) is -0.818. The van der Waals surface area contributed by atoms with Crippen molar-refractivity contribution >= 4 is 17.5 Å². The van der Waals surface area contributed by atoms with Gasteiger partial charge in [-0.3, -0.25) is 9.59 Å². The minimum absolute atomic E-state index is 0.342. The van der Waals surface area contributed by atoms with E-state index in [0.29, 0.717) is 12.5 Å². The van der Waals surface area contributed by atoms with Gasteiger partial charge in [0.05, 0.1) is 0 Å². The molecular weight excluding hydrogens is 264 g/mol. The first-order valence-electron chi connectivity index (χ1n) is 7.78. The summed E-state index contributed by atoms with van der Waals surface area (Å²) < 4.78 is 0. The van der Waals surface area contributed by atoms with E-state index in [2.05, 4.69) is 31.4 Å². The Balaban J connectivity index is 2.60. The molecule has 2 N–H and O–H groups in total. The lowest BCUT2D eigenvalue weighted by atomic mass is 9.97. The predicted octanol–water partition coefficient (Wildman–Crippen LogP) is 3.45. The molecule has 0 aliphatic carbocycles. The van der Waals surface area contributed by atoms with E-state index < -0.39 is 11.8 Å². The molecule has 0 radical (unpaired) electrons. The molecule has 1 atom stereocenters. The number of benzene rings is 1. The molecule has 2 amide bonds. The molecule has 0 aliphatic rings. The average Bonchev–Trinajstić information content (AvgIpc) is 2.51. The van der Waals surface area contributed by atoms with Crippen LogP contribution in [-0.4, -0.2) is 18.4 Å². The molecule has 116 valence electrons. The normalized spacial score (nSPS) is 11.8. The predicted molar refractivity (Wildman–Crippen MR) is 86.3 cm³/mol. The average molecular weight is 290 g/mol. The van der Waals surface area contributed by atoms with Crippen LogP contribution < -0.4 is 10.6 Å². The van der Waals surface area contributed by atoms with Crippen LogP contribution in [0.25, 0.3) is 0 Å². The lowest BCUT2D eigenvalue weighted by molar-refractivity contribution is -0.136. The molecule has 0 saturated heterocycles. The van der Waals surface area contributed by atoms with Crippen LogP contribution in [0.5, 0.6) is 0 Å². The fraction of sp³-hybridized carbons (Fsp3) is 0.529. The third-order valence-corrected chi connectivity index (χ3v) is 3.62. The molecule has 0 aliphatic heterocycles. The molecule has 0 spiro atoms. The van der Waals surface area contributed by atoms with Crippen LogP contribution in [0.4, 0.5) is 5.69 Å². The number of para-hydroxylation sites is 1. The van der Waals surface area contributed by atoms with Gasteiger partial charge in [0.15, 0.2) is 0 Å². The Labute approximate surface area is 127 Å². The summed E-state index contributed by atoms with van der Waals surface area (Å²) in [6.07, 6.45) is 4.03. The largest absolute Gasteiger partial charge is 0.348 e. The maximum Gasteiger partial charge on any atom is 0.313 e. The van der Waals surface area contributed by atoms with Gasteiger partial charge in [-0.2, -0.15) is 0 Å². The van der Waals surface area contributed by atoms with E-state index in [-0.39, 0.29) is 0 Å². The lowest BCUT2D eigenvalue weighted by Crippen LogP contribution is -2.36. The van der Waals surface area contributed by atoms with Crippen LogP contribution in [-0.2, 0) is 9.59 Å². The number of rotatable bonds is 7. The Bertz CT molecular complexity index is 472. The van der Waals surface area contributed by atoms with Crippen molar-refractivity contribution in [2.75, 3.05) is 11.9 Å². The second kappa shape index (κ2) is 9.16. The second-order valence-electron chi connectivity index (χ2n) is 5.31. The van der Waals surface area contributed by atoms with E-state index >= 15 is 0 Å². The van der Waals surface area contributed by atoms with Gasteiger partial charge in [0.2, 0.25) is 0 Å². The van der Waals surface area contributed by atoms with Gasteiger partial charge < -0.3 is 10.6 Å². The molecule has 4 heteroatoms. The lowest BCUT2D eigenvalue weighted by Gasteiger charge is -2.15. The fourth-order valence-corrected chi connectivity index (χ4v) is 2.10.